The zero-order valence-electron chi connectivity index (χ0n) is 19.2. The monoisotopic (exact) mass is 464 g/mol. The van der Waals surface area contributed by atoms with Crippen molar-refractivity contribution in [2.45, 2.75) is 43.2 Å². The van der Waals surface area contributed by atoms with Crippen LogP contribution in [0, 0.1) is 5.92 Å². The van der Waals surface area contributed by atoms with Crippen molar-refractivity contribution in [1.29, 1.82) is 0 Å². The molecule has 0 bridgehead atoms. The van der Waals surface area contributed by atoms with Gasteiger partial charge >= 0.3 is 0 Å². The SMILES string of the molecule is Cn1cnc(S(=O)(=O)NCc2ccc3c(c2)C(Cc2ccccc2)C(CN2CCC2)CC3)c1. The van der Waals surface area contributed by atoms with Crippen LogP contribution < -0.4 is 4.72 Å². The van der Waals surface area contributed by atoms with Crippen LogP contribution in [0.3, 0.4) is 0 Å². The van der Waals surface area contributed by atoms with E-state index >= 15 is 0 Å². The topological polar surface area (TPSA) is 67.2 Å². The number of aromatic nitrogens is 2. The van der Waals surface area contributed by atoms with E-state index in [4.69, 9.17) is 0 Å². The number of sulfonamides is 1. The van der Waals surface area contributed by atoms with Gasteiger partial charge in [-0.2, -0.15) is 0 Å². The second-order valence-corrected chi connectivity index (χ2v) is 11.2. The van der Waals surface area contributed by atoms with Gasteiger partial charge in [-0.15, -0.1) is 0 Å². The number of benzene rings is 2. The fraction of sp³-hybridized carbons (Fsp3) is 0.423. The molecule has 174 valence electrons. The Morgan fingerprint density at radius 3 is 2.61 bits per heavy atom. The molecule has 3 aromatic rings. The largest absolute Gasteiger partial charge is 0.339 e. The van der Waals surface area contributed by atoms with Crippen LogP contribution in [-0.2, 0) is 36.5 Å². The van der Waals surface area contributed by atoms with Gasteiger partial charge in [-0.25, -0.2) is 18.1 Å². The number of rotatable bonds is 8. The van der Waals surface area contributed by atoms with Crippen LogP contribution in [0.5, 0.6) is 0 Å². The van der Waals surface area contributed by atoms with Gasteiger partial charge in [0, 0.05) is 26.3 Å². The maximum Gasteiger partial charge on any atom is 0.259 e. The molecule has 1 aliphatic carbocycles. The normalized spacial score (nSPS) is 20.9. The van der Waals surface area contributed by atoms with Gasteiger partial charge in [-0.1, -0.05) is 48.5 Å². The van der Waals surface area contributed by atoms with Gasteiger partial charge in [-0.05, 0) is 72.9 Å². The molecule has 0 saturated carbocycles. The first-order valence-corrected chi connectivity index (χ1v) is 13.3. The van der Waals surface area contributed by atoms with Crippen molar-refractivity contribution in [3.8, 4) is 0 Å². The van der Waals surface area contributed by atoms with Crippen LogP contribution in [0.4, 0.5) is 0 Å². The van der Waals surface area contributed by atoms with E-state index in [0.717, 1.165) is 24.9 Å². The van der Waals surface area contributed by atoms with Gasteiger partial charge in [0.25, 0.3) is 10.0 Å². The Labute approximate surface area is 196 Å². The number of fused-ring (bicyclic) bond motifs is 1. The van der Waals surface area contributed by atoms with Crippen molar-refractivity contribution < 1.29 is 8.42 Å². The van der Waals surface area contributed by atoms with E-state index < -0.39 is 10.0 Å². The number of hydrogen-bond donors (Lipinski definition) is 1. The standard InChI is InChI=1S/C26H32N4O2S/c1-29-18-26(27-19-29)33(31,32)28-16-21-8-9-22-10-11-23(17-30-12-5-13-30)25(24(22)15-21)14-20-6-3-2-4-7-20/h2-4,6-9,15,18-19,23,25,28H,5,10-14,16-17H2,1H3. The molecule has 1 aliphatic heterocycles. The summed E-state index contributed by atoms with van der Waals surface area (Å²) >= 11 is 0. The third kappa shape index (κ3) is 5.05. The lowest BCUT2D eigenvalue weighted by atomic mass is 9.71. The minimum absolute atomic E-state index is 0.0551. The molecule has 0 radical (unpaired) electrons. The van der Waals surface area contributed by atoms with Crippen molar-refractivity contribution in [3.63, 3.8) is 0 Å². The highest BCUT2D eigenvalue weighted by Crippen LogP contribution is 2.40. The fourth-order valence-corrected chi connectivity index (χ4v) is 6.16. The molecule has 5 rings (SSSR count). The molecule has 7 heteroatoms. The number of likely N-dealkylation sites (tertiary alicyclic amines) is 1. The van der Waals surface area contributed by atoms with E-state index in [1.807, 2.05) is 0 Å². The van der Waals surface area contributed by atoms with Gasteiger partial charge in [0.05, 0.1) is 6.33 Å². The summed E-state index contributed by atoms with van der Waals surface area (Å²) in [6.07, 6.45) is 7.67. The Bertz CT molecular complexity index is 1200. The minimum Gasteiger partial charge on any atom is -0.339 e. The molecular formula is C26H32N4O2S. The van der Waals surface area contributed by atoms with Gasteiger partial charge in [0.2, 0.25) is 0 Å². The molecule has 2 unspecified atom stereocenters. The molecule has 2 atom stereocenters. The molecule has 6 nitrogen and oxygen atoms in total. The summed E-state index contributed by atoms with van der Waals surface area (Å²) in [5.41, 5.74) is 5.17. The third-order valence-corrected chi connectivity index (χ3v) is 8.41. The van der Waals surface area contributed by atoms with Crippen molar-refractivity contribution in [1.82, 2.24) is 19.2 Å². The summed E-state index contributed by atoms with van der Waals surface area (Å²) in [4.78, 5) is 6.57. The second kappa shape index (κ2) is 9.41. The molecule has 2 aromatic carbocycles. The Hall–Kier alpha value is -2.48. The van der Waals surface area contributed by atoms with E-state index in [1.54, 1.807) is 11.6 Å². The zero-order valence-corrected chi connectivity index (χ0v) is 20.0. The summed E-state index contributed by atoms with van der Waals surface area (Å²) in [6, 6.07) is 17.3. The van der Waals surface area contributed by atoms with Crippen LogP contribution in [0.25, 0.3) is 0 Å². The summed E-state index contributed by atoms with van der Waals surface area (Å²) in [7, 11) is -1.87. The van der Waals surface area contributed by atoms with Crippen molar-refractivity contribution in [2.24, 2.45) is 13.0 Å². The lowest BCUT2D eigenvalue weighted by Crippen LogP contribution is -2.43. The summed E-state index contributed by atoms with van der Waals surface area (Å²) in [5.74, 6) is 1.07. The van der Waals surface area contributed by atoms with Crippen LogP contribution in [0.2, 0.25) is 0 Å². The molecular weight excluding hydrogens is 432 g/mol. The van der Waals surface area contributed by atoms with E-state index in [0.29, 0.717) is 11.8 Å². The van der Waals surface area contributed by atoms with Crippen molar-refractivity contribution in [2.75, 3.05) is 19.6 Å². The van der Waals surface area contributed by atoms with E-state index in [-0.39, 0.29) is 11.6 Å². The first-order valence-electron chi connectivity index (χ1n) is 11.8. The average Bonchev–Trinajstić information content (AvgIpc) is 3.24. The van der Waals surface area contributed by atoms with Crippen molar-refractivity contribution in [3.05, 3.63) is 83.3 Å². The van der Waals surface area contributed by atoms with Crippen LogP contribution in [0.15, 0.2) is 66.1 Å². The first-order chi connectivity index (χ1) is 16.0. The van der Waals surface area contributed by atoms with E-state index in [1.165, 1.54) is 55.1 Å². The van der Waals surface area contributed by atoms with E-state index in [9.17, 15) is 8.42 Å². The Morgan fingerprint density at radius 2 is 1.91 bits per heavy atom. The third-order valence-electron chi connectivity index (χ3n) is 7.13. The highest BCUT2D eigenvalue weighted by molar-refractivity contribution is 7.89. The quantitative estimate of drug-likeness (QED) is 0.554. The molecule has 1 aromatic heterocycles. The van der Waals surface area contributed by atoms with Crippen LogP contribution in [-0.4, -0.2) is 42.5 Å². The molecule has 1 N–H and O–H groups in total. The highest BCUT2D eigenvalue weighted by atomic mass is 32.2. The lowest BCUT2D eigenvalue weighted by Gasteiger charge is -2.40. The summed E-state index contributed by atoms with van der Waals surface area (Å²) in [6.45, 7) is 3.86. The second-order valence-electron chi connectivity index (χ2n) is 9.48. The molecule has 2 aliphatic rings. The van der Waals surface area contributed by atoms with Gasteiger partial charge in [-0.3, -0.25) is 0 Å². The number of hydrogen-bond acceptors (Lipinski definition) is 4. The van der Waals surface area contributed by atoms with E-state index in [2.05, 4.69) is 63.1 Å². The van der Waals surface area contributed by atoms with Crippen LogP contribution >= 0.6 is 0 Å². The molecule has 1 fully saturated rings. The summed E-state index contributed by atoms with van der Waals surface area (Å²) < 4.78 is 29.6. The maximum atomic E-state index is 12.6. The average molecular weight is 465 g/mol. The predicted molar refractivity (Wildman–Crippen MR) is 129 cm³/mol. The fourth-order valence-electron chi connectivity index (χ4n) is 5.16. The Balaban J connectivity index is 1.38. The predicted octanol–water partition coefficient (Wildman–Crippen LogP) is 3.49. The molecule has 1 saturated heterocycles. The lowest BCUT2D eigenvalue weighted by molar-refractivity contribution is 0.134. The van der Waals surface area contributed by atoms with Crippen molar-refractivity contribution >= 4 is 10.0 Å². The Kier molecular flexibility index (Phi) is 6.36. The Morgan fingerprint density at radius 1 is 1.09 bits per heavy atom. The number of nitrogens with one attached hydrogen (secondary N) is 1. The highest BCUT2D eigenvalue weighted by Gasteiger charge is 2.32. The van der Waals surface area contributed by atoms with Gasteiger partial charge < -0.3 is 9.47 Å². The number of imidazole rings is 1. The molecule has 0 amide bonds. The van der Waals surface area contributed by atoms with Gasteiger partial charge in [0.1, 0.15) is 0 Å². The molecule has 2 heterocycles. The maximum absolute atomic E-state index is 12.6. The molecule has 33 heavy (non-hydrogen) atoms. The first kappa shape index (κ1) is 22.3. The smallest absolute Gasteiger partial charge is 0.259 e. The number of aryl methyl sites for hydroxylation is 2. The summed E-state index contributed by atoms with van der Waals surface area (Å²) in [5, 5.41) is 0.0551. The minimum atomic E-state index is -3.63. The zero-order chi connectivity index (χ0) is 22.8. The van der Waals surface area contributed by atoms with Gasteiger partial charge in [0.15, 0.2) is 5.03 Å². The molecule has 0 spiro atoms. The number of nitrogens with zero attached hydrogens (tertiary/aromatic N) is 3. The van der Waals surface area contributed by atoms with Crippen LogP contribution in [0.1, 0.15) is 41.0 Å².